The molecule has 0 aliphatic heterocycles. The largest absolute Gasteiger partial charge is 0.481 e. The van der Waals surface area contributed by atoms with Gasteiger partial charge in [0.25, 0.3) is 5.56 Å². The first-order valence-electron chi connectivity index (χ1n) is 11.7. The lowest BCUT2D eigenvalue weighted by Gasteiger charge is -2.21. The van der Waals surface area contributed by atoms with Crippen LogP contribution in [0.3, 0.4) is 0 Å². The van der Waals surface area contributed by atoms with Crippen molar-refractivity contribution in [1.29, 1.82) is 0 Å². The summed E-state index contributed by atoms with van der Waals surface area (Å²) in [4.78, 5) is 30.4. The van der Waals surface area contributed by atoms with Crippen LogP contribution in [0.2, 0.25) is 0 Å². The minimum Gasteiger partial charge on any atom is -0.481 e. The summed E-state index contributed by atoms with van der Waals surface area (Å²) in [7, 11) is 0. The van der Waals surface area contributed by atoms with Crippen LogP contribution in [0.4, 0.5) is 0 Å². The molecule has 7 nitrogen and oxygen atoms in total. The smallest absolute Gasteiger partial charge is 0.344 e. The summed E-state index contributed by atoms with van der Waals surface area (Å²) < 4.78 is 13.2. The molecule has 4 rings (SSSR count). The van der Waals surface area contributed by atoms with Crippen molar-refractivity contribution in [3.63, 3.8) is 0 Å². The summed E-state index contributed by atoms with van der Waals surface area (Å²) in [6.07, 6.45) is 1.36. The van der Waals surface area contributed by atoms with Gasteiger partial charge in [-0.25, -0.2) is 9.78 Å². The summed E-state index contributed by atoms with van der Waals surface area (Å²) in [6, 6.07) is 16.9. The highest BCUT2D eigenvalue weighted by Gasteiger charge is 2.23. The Kier molecular flexibility index (Phi) is 7.26. The van der Waals surface area contributed by atoms with Gasteiger partial charge in [-0.05, 0) is 48.9 Å². The monoisotopic (exact) mass is 549 g/mol. The molecule has 0 N–H and O–H groups in total. The molecule has 0 saturated heterocycles. The molecule has 3 aromatic carbocycles. The van der Waals surface area contributed by atoms with E-state index in [1.165, 1.54) is 4.68 Å². The van der Waals surface area contributed by atoms with E-state index in [0.29, 0.717) is 28.0 Å². The zero-order valence-corrected chi connectivity index (χ0v) is 22.5. The number of carbonyl (C=O) groups excluding carboxylic acids is 1. The number of fused-ring (bicyclic) bond motifs is 2. The Morgan fingerprint density at radius 3 is 2.58 bits per heavy atom. The van der Waals surface area contributed by atoms with Gasteiger partial charge in [0.15, 0.2) is 6.61 Å². The van der Waals surface area contributed by atoms with Crippen molar-refractivity contribution in [1.82, 2.24) is 9.66 Å². The average molecular weight is 550 g/mol. The molecule has 0 aliphatic rings. The molecule has 0 fully saturated rings. The predicted molar refractivity (Wildman–Crippen MR) is 146 cm³/mol. The van der Waals surface area contributed by atoms with Crippen LogP contribution in [-0.2, 0) is 14.9 Å². The van der Waals surface area contributed by atoms with Gasteiger partial charge < -0.3 is 9.47 Å². The van der Waals surface area contributed by atoms with Crippen molar-refractivity contribution < 1.29 is 14.3 Å². The number of benzene rings is 3. The first-order chi connectivity index (χ1) is 17.0. The van der Waals surface area contributed by atoms with Crippen LogP contribution in [0.1, 0.15) is 46.0 Å². The Morgan fingerprint density at radius 1 is 1.11 bits per heavy atom. The summed E-state index contributed by atoms with van der Waals surface area (Å²) in [5.74, 6) is 0.526. The fourth-order valence-corrected chi connectivity index (χ4v) is 4.19. The number of carbonyl (C=O) groups is 1. The molecule has 4 aromatic rings. The quantitative estimate of drug-likeness (QED) is 0.223. The van der Waals surface area contributed by atoms with Gasteiger partial charge in [0.1, 0.15) is 11.6 Å². The van der Waals surface area contributed by atoms with E-state index in [4.69, 9.17) is 14.5 Å². The van der Waals surface area contributed by atoms with Gasteiger partial charge in [-0.3, -0.25) is 4.79 Å². The molecule has 0 unspecified atom stereocenters. The van der Waals surface area contributed by atoms with Crippen LogP contribution in [0, 0.1) is 0 Å². The van der Waals surface area contributed by atoms with Gasteiger partial charge in [-0.1, -0.05) is 67.0 Å². The highest BCUT2D eigenvalue weighted by Crippen LogP contribution is 2.28. The first kappa shape index (κ1) is 25.6. The maximum absolute atomic E-state index is 13.5. The zero-order valence-electron chi connectivity index (χ0n) is 20.9. The molecule has 1 aromatic heterocycles. The number of halogens is 1. The zero-order chi connectivity index (χ0) is 26.0. The van der Waals surface area contributed by atoms with Crippen LogP contribution in [0.5, 0.6) is 5.75 Å². The highest BCUT2D eigenvalue weighted by atomic mass is 79.9. The first-order valence-corrected chi connectivity index (χ1v) is 12.4. The number of nitrogens with zero attached hydrogens (tertiary/aromatic N) is 3. The second-order valence-corrected chi connectivity index (χ2v) is 10.6. The van der Waals surface area contributed by atoms with E-state index in [1.807, 2.05) is 63.2 Å². The normalized spacial score (nSPS) is 12.1. The summed E-state index contributed by atoms with van der Waals surface area (Å²) in [5, 5.41) is 6.92. The lowest BCUT2D eigenvalue weighted by molar-refractivity contribution is -0.149. The SMILES string of the molecule is CC(C)OC(=O)COc1ccc2ccccc2c1C=Nn1c(C(C)(C)C)nc2ccc(Br)cc2c1=O. The van der Waals surface area contributed by atoms with Gasteiger partial charge in [0.2, 0.25) is 0 Å². The van der Waals surface area contributed by atoms with Crippen molar-refractivity contribution in [3.8, 4) is 5.75 Å². The van der Waals surface area contributed by atoms with Crippen LogP contribution < -0.4 is 10.3 Å². The van der Waals surface area contributed by atoms with E-state index < -0.39 is 11.4 Å². The second-order valence-electron chi connectivity index (χ2n) is 9.73. The third-order valence-corrected chi connectivity index (χ3v) is 5.92. The molecule has 1 heterocycles. The maximum atomic E-state index is 13.5. The lowest BCUT2D eigenvalue weighted by atomic mass is 9.95. The topological polar surface area (TPSA) is 82.8 Å². The number of hydrogen-bond donors (Lipinski definition) is 0. The fraction of sp³-hybridized carbons (Fsp3) is 0.286. The second kappa shape index (κ2) is 10.2. The maximum Gasteiger partial charge on any atom is 0.344 e. The highest BCUT2D eigenvalue weighted by molar-refractivity contribution is 9.10. The van der Waals surface area contributed by atoms with Crippen molar-refractivity contribution in [3.05, 3.63) is 80.8 Å². The molecule has 0 spiro atoms. The van der Waals surface area contributed by atoms with Gasteiger partial charge in [0, 0.05) is 15.5 Å². The molecule has 8 heteroatoms. The molecule has 0 atom stereocenters. The molecule has 36 heavy (non-hydrogen) atoms. The summed E-state index contributed by atoms with van der Waals surface area (Å²) in [6.45, 7) is 9.28. The van der Waals surface area contributed by atoms with Gasteiger partial charge >= 0.3 is 5.97 Å². The third-order valence-electron chi connectivity index (χ3n) is 5.42. The van der Waals surface area contributed by atoms with Crippen molar-refractivity contribution in [2.24, 2.45) is 5.10 Å². The van der Waals surface area contributed by atoms with Crippen molar-refractivity contribution >= 4 is 49.8 Å². The van der Waals surface area contributed by atoms with Gasteiger partial charge in [-0.2, -0.15) is 9.78 Å². The number of aromatic nitrogens is 2. The molecule has 0 aliphatic carbocycles. The van der Waals surface area contributed by atoms with E-state index >= 15 is 0 Å². The minimum absolute atomic E-state index is 0.234. The molecule has 0 radical (unpaired) electrons. The van der Waals surface area contributed by atoms with Crippen molar-refractivity contribution in [2.45, 2.75) is 46.1 Å². The number of esters is 1. The van der Waals surface area contributed by atoms with Gasteiger partial charge in [-0.15, -0.1) is 0 Å². The average Bonchev–Trinajstić information content (AvgIpc) is 2.81. The van der Waals surface area contributed by atoms with Crippen LogP contribution in [0.25, 0.3) is 21.7 Å². The van der Waals surface area contributed by atoms with Crippen LogP contribution in [0.15, 0.2) is 69.0 Å². The van der Waals surface area contributed by atoms with E-state index in [1.54, 1.807) is 32.2 Å². The Hall–Kier alpha value is -3.52. The summed E-state index contributed by atoms with van der Waals surface area (Å²) in [5.41, 5.74) is 0.533. The fourth-order valence-electron chi connectivity index (χ4n) is 3.83. The van der Waals surface area contributed by atoms with E-state index in [-0.39, 0.29) is 18.3 Å². The Balaban J connectivity index is 1.86. The van der Waals surface area contributed by atoms with E-state index in [2.05, 4.69) is 21.0 Å². The Bertz CT molecular complexity index is 1530. The number of ether oxygens (including phenoxy) is 2. The van der Waals surface area contributed by atoms with Gasteiger partial charge in [0.05, 0.1) is 23.2 Å². The Morgan fingerprint density at radius 2 is 1.86 bits per heavy atom. The minimum atomic E-state index is -0.461. The Labute approximate surface area is 217 Å². The summed E-state index contributed by atoms with van der Waals surface area (Å²) >= 11 is 3.44. The van der Waals surface area contributed by atoms with Crippen LogP contribution >= 0.6 is 15.9 Å². The van der Waals surface area contributed by atoms with E-state index in [0.717, 1.165) is 15.2 Å². The standard InChI is InChI=1S/C28H28BrN3O4/c1-17(2)36-25(33)16-35-24-13-10-18-8-6-7-9-20(18)22(24)15-30-32-26(34)21-14-19(29)11-12-23(21)31-27(32)28(3,4)5/h6-15,17H,16H2,1-5H3. The van der Waals surface area contributed by atoms with Crippen LogP contribution in [-0.4, -0.2) is 34.6 Å². The number of hydrogen-bond acceptors (Lipinski definition) is 6. The number of rotatable bonds is 6. The molecule has 0 saturated carbocycles. The van der Waals surface area contributed by atoms with Crippen molar-refractivity contribution in [2.75, 3.05) is 6.61 Å². The molecular formula is C28H28BrN3O4. The predicted octanol–water partition coefficient (Wildman–Crippen LogP) is 5.82. The lowest BCUT2D eigenvalue weighted by Crippen LogP contribution is -2.29. The molecule has 186 valence electrons. The molecule has 0 bridgehead atoms. The molecule has 0 amide bonds. The van der Waals surface area contributed by atoms with E-state index in [9.17, 15) is 9.59 Å². The third kappa shape index (κ3) is 5.49. The molecular weight excluding hydrogens is 522 g/mol.